The van der Waals surface area contributed by atoms with E-state index in [1.54, 1.807) is 6.07 Å². The lowest BCUT2D eigenvalue weighted by Gasteiger charge is -2.27. The number of hydrogen-bond acceptors (Lipinski definition) is 1. The molecule has 1 aromatic carbocycles. The summed E-state index contributed by atoms with van der Waals surface area (Å²) in [4.78, 5) is 0. The summed E-state index contributed by atoms with van der Waals surface area (Å²) in [5.74, 6) is -0.199. The summed E-state index contributed by atoms with van der Waals surface area (Å²) in [6, 6.07) is 8.00. The third kappa shape index (κ3) is 1.58. The Morgan fingerprint density at radius 1 is 1.50 bits per heavy atom. The van der Waals surface area contributed by atoms with E-state index < -0.39 is 0 Å². The molecule has 1 aliphatic rings. The van der Waals surface area contributed by atoms with Crippen molar-refractivity contribution in [3.05, 3.63) is 30.1 Å². The van der Waals surface area contributed by atoms with Crippen molar-refractivity contribution < 1.29 is 4.39 Å². The molecule has 63 valence electrons. The molecule has 1 aromatic rings. The lowest BCUT2D eigenvalue weighted by molar-refractivity contribution is 0.445. The monoisotopic (exact) mass is 164 g/mol. The van der Waals surface area contributed by atoms with E-state index in [-0.39, 0.29) is 5.82 Å². The van der Waals surface area contributed by atoms with E-state index in [9.17, 15) is 4.39 Å². The summed E-state index contributed by atoms with van der Waals surface area (Å²) >= 11 is 0. The summed E-state index contributed by atoms with van der Waals surface area (Å²) in [7, 11) is 0. The Bertz CT molecular complexity index is 268. The van der Waals surface area contributed by atoms with Crippen molar-refractivity contribution in [3.63, 3.8) is 0 Å². The zero-order valence-electron chi connectivity index (χ0n) is 6.81. The quantitative estimate of drug-likeness (QED) is 0.708. The van der Waals surface area contributed by atoms with Crippen LogP contribution in [0.5, 0.6) is 0 Å². The van der Waals surface area contributed by atoms with Crippen molar-refractivity contribution in [2.24, 2.45) is 0 Å². The van der Waals surface area contributed by atoms with Gasteiger partial charge >= 0.3 is 0 Å². The molecule has 1 N–H and O–H groups in total. The topological polar surface area (TPSA) is 12.0 Å². The Morgan fingerprint density at radius 2 is 2.33 bits per heavy atom. The minimum atomic E-state index is -0.199. The molecule has 1 saturated carbocycles. The van der Waals surface area contributed by atoms with Crippen molar-refractivity contribution in [3.8, 4) is 0 Å². The van der Waals surface area contributed by atoms with Crippen molar-refractivity contribution in [2.75, 3.05) is 5.32 Å². The van der Waals surface area contributed by atoms with Gasteiger partial charge in [-0.25, -0.2) is 4.39 Å². The van der Waals surface area contributed by atoms with E-state index in [4.69, 9.17) is 0 Å². The van der Waals surface area contributed by atoms with Crippen LogP contribution in [0.25, 0.3) is 0 Å². The lowest BCUT2D eigenvalue weighted by Crippen LogP contribution is -2.26. The third-order valence-electron chi connectivity index (χ3n) is 2.23. The number of rotatable bonds is 2. The Morgan fingerprint density at radius 3 is 2.92 bits per heavy atom. The molecular formula is C10H11FN. The molecule has 0 amide bonds. The highest BCUT2D eigenvalue weighted by Gasteiger charge is 2.16. The molecule has 0 atom stereocenters. The molecule has 1 aliphatic carbocycles. The minimum absolute atomic E-state index is 0.199. The van der Waals surface area contributed by atoms with E-state index in [1.165, 1.54) is 31.4 Å². The molecule has 2 rings (SSSR count). The van der Waals surface area contributed by atoms with Crippen LogP contribution < -0.4 is 5.32 Å². The SMILES string of the molecule is Fc1cc[c]c(NC2CCC2)c1. The molecular weight excluding hydrogens is 153 g/mol. The Hall–Kier alpha value is -1.05. The predicted molar refractivity (Wildman–Crippen MR) is 46.5 cm³/mol. The molecule has 0 heterocycles. The van der Waals surface area contributed by atoms with Gasteiger partial charge in [0.25, 0.3) is 0 Å². The Balaban J connectivity index is 2.02. The molecule has 0 aromatic heterocycles. The van der Waals surface area contributed by atoms with Crippen LogP contribution in [-0.4, -0.2) is 6.04 Å². The van der Waals surface area contributed by atoms with E-state index in [1.807, 2.05) is 0 Å². The standard InChI is InChI=1S/C10H11FN/c11-8-3-1-6-10(7-8)12-9-4-2-5-9/h1,3,7,9,12H,2,4-5H2. The second kappa shape index (κ2) is 3.13. The van der Waals surface area contributed by atoms with Gasteiger partial charge < -0.3 is 5.32 Å². The fraction of sp³-hybridized carbons (Fsp3) is 0.400. The molecule has 1 fully saturated rings. The number of benzene rings is 1. The summed E-state index contributed by atoms with van der Waals surface area (Å²) in [6.07, 6.45) is 3.68. The van der Waals surface area contributed by atoms with Gasteiger partial charge in [-0.3, -0.25) is 0 Å². The summed E-state index contributed by atoms with van der Waals surface area (Å²) in [6.45, 7) is 0. The van der Waals surface area contributed by atoms with Crippen LogP contribution in [-0.2, 0) is 0 Å². The molecule has 1 radical (unpaired) electrons. The van der Waals surface area contributed by atoms with Gasteiger partial charge in [-0.05, 0) is 37.5 Å². The Kier molecular flexibility index (Phi) is 1.98. The van der Waals surface area contributed by atoms with Crippen LogP contribution >= 0.6 is 0 Å². The average Bonchev–Trinajstić information content (AvgIpc) is 1.97. The summed E-state index contributed by atoms with van der Waals surface area (Å²) in [5, 5.41) is 3.22. The zero-order valence-corrected chi connectivity index (χ0v) is 6.81. The van der Waals surface area contributed by atoms with Crippen molar-refractivity contribution >= 4 is 5.69 Å². The van der Waals surface area contributed by atoms with E-state index >= 15 is 0 Å². The maximum Gasteiger partial charge on any atom is 0.125 e. The van der Waals surface area contributed by atoms with Gasteiger partial charge in [0.15, 0.2) is 0 Å². The fourth-order valence-corrected chi connectivity index (χ4v) is 1.29. The van der Waals surface area contributed by atoms with Gasteiger partial charge in [-0.1, -0.05) is 0 Å². The zero-order chi connectivity index (χ0) is 8.39. The second-order valence-electron chi connectivity index (χ2n) is 3.19. The first-order valence-electron chi connectivity index (χ1n) is 4.28. The lowest BCUT2D eigenvalue weighted by atomic mass is 9.93. The van der Waals surface area contributed by atoms with E-state index in [0.717, 1.165) is 5.69 Å². The van der Waals surface area contributed by atoms with Crippen LogP contribution in [0.1, 0.15) is 19.3 Å². The van der Waals surface area contributed by atoms with Gasteiger partial charge in [-0.2, -0.15) is 0 Å². The van der Waals surface area contributed by atoms with Crippen LogP contribution in [0, 0.1) is 11.9 Å². The third-order valence-corrected chi connectivity index (χ3v) is 2.23. The second-order valence-corrected chi connectivity index (χ2v) is 3.19. The van der Waals surface area contributed by atoms with Gasteiger partial charge in [-0.15, -0.1) is 0 Å². The maximum atomic E-state index is 12.7. The highest BCUT2D eigenvalue weighted by atomic mass is 19.1. The molecule has 0 bridgehead atoms. The van der Waals surface area contributed by atoms with E-state index in [2.05, 4.69) is 11.4 Å². The highest BCUT2D eigenvalue weighted by molar-refractivity contribution is 5.43. The van der Waals surface area contributed by atoms with Gasteiger partial charge in [0.1, 0.15) is 5.82 Å². The van der Waals surface area contributed by atoms with E-state index in [0.29, 0.717) is 6.04 Å². The molecule has 0 unspecified atom stereocenters. The number of halogens is 1. The molecule has 0 saturated heterocycles. The smallest absolute Gasteiger partial charge is 0.125 e. The number of hydrogen-bond donors (Lipinski definition) is 1. The van der Waals surface area contributed by atoms with Gasteiger partial charge in [0.05, 0.1) is 0 Å². The van der Waals surface area contributed by atoms with Crippen LogP contribution in [0.3, 0.4) is 0 Å². The number of nitrogens with one attached hydrogen (secondary N) is 1. The molecule has 2 heteroatoms. The maximum absolute atomic E-state index is 12.7. The molecule has 1 nitrogen and oxygen atoms in total. The van der Waals surface area contributed by atoms with Crippen molar-refractivity contribution in [1.82, 2.24) is 0 Å². The summed E-state index contributed by atoms with van der Waals surface area (Å²) < 4.78 is 12.7. The largest absolute Gasteiger partial charge is 0.382 e. The highest BCUT2D eigenvalue weighted by Crippen LogP contribution is 2.22. The summed E-state index contributed by atoms with van der Waals surface area (Å²) in [5.41, 5.74) is 0.778. The number of anilines is 1. The normalized spacial score (nSPS) is 17.1. The molecule has 12 heavy (non-hydrogen) atoms. The van der Waals surface area contributed by atoms with Crippen LogP contribution in [0.15, 0.2) is 18.2 Å². The Labute approximate surface area is 71.6 Å². The molecule has 0 aliphatic heterocycles. The van der Waals surface area contributed by atoms with Crippen molar-refractivity contribution in [1.29, 1.82) is 0 Å². The first-order chi connectivity index (χ1) is 5.84. The minimum Gasteiger partial charge on any atom is -0.382 e. The first kappa shape index (κ1) is 7.59. The van der Waals surface area contributed by atoms with Crippen LogP contribution in [0.2, 0.25) is 0 Å². The van der Waals surface area contributed by atoms with Gasteiger partial charge in [0.2, 0.25) is 0 Å². The molecule has 0 spiro atoms. The van der Waals surface area contributed by atoms with Crippen LogP contribution in [0.4, 0.5) is 10.1 Å². The fourth-order valence-electron chi connectivity index (χ4n) is 1.29. The van der Waals surface area contributed by atoms with Gasteiger partial charge in [0, 0.05) is 17.8 Å². The van der Waals surface area contributed by atoms with Crippen molar-refractivity contribution in [2.45, 2.75) is 25.3 Å². The average molecular weight is 164 g/mol. The first-order valence-corrected chi connectivity index (χ1v) is 4.28. The predicted octanol–water partition coefficient (Wildman–Crippen LogP) is 2.59.